The lowest BCUT2D eigenvalue weighted by Gasteiger charge is -2.21. The molecule has 1 aliphatic heterocycles. The summed E-state index contributed by atoms with van der Waals surface area (Å²) in [6.07, 6.45) is 5.17. The number of hydrogen-bond donors (Lipinski definition) is 2. The lowest BCUT2D eigenvalue weighted by molar-refractivity contribution is 0.273. The minimum atomic E-state index is 0.323. The molecule has 88 valence electrons. The van der Waals surface area contributed by atoms with Crippen LogP contribution in [-0.2, 0) is 6.54 Å². The monoisotopic (exact) mass is 220 g/mol. The fraction of sp³-hybridized carbons (Fsp3) is 0.538. The highest BCUT2D eigenvalue weighted by Crippen LogP contribution is 2.25. The Morgan fingerprint density at radius 1 is 1.12 bits per heavy atom. The lowest BCUT2D eigenvalue weighted by atomic mass is 10.1. The molecule has 0 spiro atoms. The minimum absolute atomic E-state index is 0.323. The number of hydrogen-bond acceptors (Lipinski definition) is 3. The first kappa shape index (κ1) is 11.3. The fourth-order valence-corrected chi connectivity index (χ4v) is 2.28. The third kappa shape index (κ3) is 2.67. The third-order valence-electron chi connectivity index (χ3n) is 3.27. The molecule has 3 heteroatoms. The van der Waals surface area contributed by atoms with Gasteiger partial charge < -0.3 is 10.8 Å². The first-order valence-electron chi connectivity index (χ1n) is 6.06. The van der Waals surface area contributed by atoms with Crippen molar-refractivity contribution in [2.45, 2.75) is 32.2 Å². The van der Waals surface area contributed by atoms with E-state index in [1.807, 2.05) is 6.07 Å². The Balaban J connectivity index is 2.07. The topological polar surface area (TPSA) is 49.5 Å². The van der Waals surface area contributed by atoms with Crippen LogP contribution in [-0.4, -0.2) is 23.1 Å². The van der Waals surface area contributed by atoms with E-state index >= 15 is 0 Å². The molecule has 16 heavy (non-hydrogen) atoms. The van der Waals surface area contributed by atoms with Crippen LogP contribution in [0.4, 0.5) is 5.69 Å². The predicted molar refractivity (Wildman–Crippen MR) is 66.3 cm³/mol. The molecule has 1 fully saturated rings. The number of nitrogen functional groups attached to an aromatic ring is 1. The summed E-state index contributed by atoms with van der Waals surface area (Å²) in [6, 6.07) is 5.35. The Kier molecular flexibility index (Phi) is 3.67. The van der Waals surface area contributed by atoms with E-state index < -0.39 is 0 Å². The standard InChI is InChI=1S/C13H20N2O/c14-12-6-5-7-13(16)11(12)10-15-8-3-1-2-4-9-15/h5-7,16H,1-4,8-10,14H2. The van der Waals surface area contributed by atoms with Gasteiger partial charge in [-0.1, -0.05) is 18.9 Å². The Morgan fingerprint density at radius 2 is 1.81 bits per heavy atom. The molecular formula is C13H20N2O. The van der Waals surface area contributed by atoms with E-state index in [9.17, 15) is 5.11 Å². The molecule has 1 aromatic rings. The van der Waals surface area contributed by atoms with Gasteiger partial charge in [0, 0.05) is 17.8 Å². The van der Waals surface area contributed by atoms with Crippen LogP contribution in [0.2, 0.25) is 0 Å². The zero-order valence-electron chi connectivity index (χ0n) is 9.65. The van der Waals surface area contributed by atoms with E-state index in [-0.39, 0.29) is 0 Å². The molecule has 0 bridgehead atoms. The molecule has 1 aliphatic rings. The van der Waals surface area contributed by atoms with Crippen LogP contribution in [0.25, 0.3) is 0 Å². The molecule has 1 aromatic carbocycles. The van der Waals surface area contributed by atoms with Crippen molar-refractivity contribution in [3.8, 4) is 5.75 Å². The number of nitrogens with zero attached hydrogens (tertiary/aromatic N) is 1. The van der Waals surface area contributed by atoms with Gasteiger partial charge in [0.05, 0.1) is 0 Å². The lowest BCUT2D eigenvalue weighted by Crippen LogP contribution is -2.24. The van der Waals surface area contributed by atoms with E-state index in [2.05, 4.69) is 4.90 Å². The van der Waals surface area contributed by atoms with Crippen LogP contribution in [0.15, 0.2) is 18.2 Å². The second kappa shape index (κ2) is 5.21. The molecule has 1 heterocycles. The van der Waals surface area contributed by atoms with Gasteiger partial charge in [-0.25, -0.2) is 0 Å². The van der Waals surface area contributed by atoms with Crippen LogP contribution < -0.4 is 5.73 Å². The molecule has 0 radical (unpaired) electrons. The maximum absolute atomic E-state index is 9.79. The Labute approximate surface area is 96.9 Å². The summed E-state index contributed by atoms with van der Waals surface area (Å²) >= 11 is 0. The van der Waals surface area contributed by atoms with E-state index in [1.165, 1.54) is 25.7 Å². The van der Waals surface area contributed by atoms with Gasteiger partial charge in [0.25, 0.3) is 0 Å². The van der Waals surface area contributed by atoms with Gasteiger partial charge >= 0.3 is 0 Å². The second-order valence-corrected chi connectivity index (χ2v) is 4.54. The first-order chi connectivity index (χ1) is 7.77. The molecule has 3 N–H and O–H groups in total. The smallest absolute Gasteiger partial charge is 0.122 e. The molecule has 1 saturated heterocycles. The number of phenols is 1. The van der Waals surface area contributed by atoms with Crippen LogP contribution in [0.3, 0.4) is 0 Å². The highest BCUT2D eigenvalue weighted by Gasteiger charge is 2.13. The molecule has 0 aromatic heterocycles. The summed E-state index contributed by atoms with van der Waals surface area (Å²) in [5, 5.41) is 9.79. The summed E-state index contributed by atoms with van der Waals surface area (Å²) in [4.78, 5) is 2.39. The Bertz CT molecular complexity index is 324. The van der Waals surface area contributed by atoms with Crippen LogP contribution >= 0.6 is 0 Å². The van der Waals surface area contributed by atoms with E-state index in [4.69, 9.17) is 5.73 Å². The van der Waals surface area contributed by atoms with Crippen molar-refractivity contribution in [2.75, 3.05) is 18.8 Å². The summed E-state index contributed by atoms with van der Waals surface area (Å²) in [6.45, 7) is 3.01. The highest BCUT2D eigenvalue weighted by atomic mass is 16.3. The number of rotatable bonds is 2. The number of likely N-dealkylation sites (tertiary alicyclic amines) is 1. The normalized spacial score (nSPS) is 18.2. The number of aromatic hydroxyl groups is 1. The van der Waals surface area contributed by atoms with E-state index in [1.54, 1.807) is 12.1 Å². The zero-order valence-corrected chi connectivity index (χ0v) is 9.65. The molecular weight excluding hydrogens is 200 g/mol. The average molecular weight is 220 g/mol. The van der Waals surface area contributed by atoms with Crippen LogP contribution in [0.1, 0.15) is 31.2 Å². The van der Waals surface area contributed by atoms with Crippen molar-refractivity contribution in [1.82, 2.24) is 4.90 Å². The van der Waals surface area contributed by atoms with E-state index in [0.717, 1.165) is 25.2 Å². The van der Waals surface area contributed by atoms with Gasteiger partial charge in [-0.15, -0.1) is 0 Å². The molecule has 0 unspecified atom stereocenters. The van der Waals surface area contributed by atoms with Gasteiger partial charge in [-0.3, -0.25) is 4.90 Å². The van der Waals surface area contributed by atoms with Crippen molar-refractivity contribution >= 4 is 5.69 Å². The Morgan fingerprint density at radius 3 is 2.44 bits per heavy atom. The average Bonchev–Trinajstić information content (AvgIpc) is 2.52. The maximum atomic E-state index is 9.79. The van der Waals surface area contributed by atoms with Gasteiger partial charge in [-0.05, 0) is 38.1 Å². The fourth-order valence-electron chi connectivity index (χ4n) is 2.28. The van der Waals surface area contributed by atoms with Gasteiger partial charge in [-0.2, -0.15) is 0 Å². The highest BCUT2D eigenvalue weighted by molar-refractivity contribution is 5.53. The van der Waals surface area contributed by atoms with Gasteiger partial charge in [0.2, 0.25) is 0 Å². The molecule has 0 aliphatic carbocycles. The summed E-state index contributed by atoms with van der Waals surface area (Å²) in [5.41, 5.74) is 7.47. The molecule has 2 rings (SSSR count). The van der Waals surface area contributed by atoms with Crippen molar-refractivity contribution < 1.29 is 5.11 Å². The molecule has 0 amide bonds. The van der Waals surface area contributed by atoms with Gasteiger partial charge in [0.1, 0.15) is 5.75 Å². The zero-order chi connectivity index (χ0) is 11.4. The first-order valence-corrected chi connectivity index (χ1v) is 6.06. The summed E-state index contributed by atoms with van der Waals surface area (Å²) in [7, 11) is 0. The maximum Gasteiger partial charge on any atom is 0.122 e. The van der Waals surface area contributed by atoms with Crippen molar-refractivity contribution in [2.24, 2.45) is 0 Å². The minimum Gasteiger partial charge on any atom is -0.508 e. The van der Waals surface area contributed by atoms with Crippen molar-refractivity contribution in [1.29, 1.82) is 0 Å². The number of benzene rings is 1. The quantitative estimate of drug-likeness (QED) is 0.752. The third-order valence-corrected chi connectivity index (χ3v) is 3.27. The second-order valence-electron chi connectivity index (χ2n) is 4.54. The molecule has 0 saturated carbocycles. The number of phenolic OH excluding ortho intramolecular Hbond substituents is 1. The summed E-state index contributed by atoms with van der Waals surface area (Å²) < 4.78 is 0. The molecule has 0 atom stereocenters. The largest absolute Gasteiger partial charge is 0.508 e. The van der Waals surface area contributed by atoms with Gasteiger partial charge in [0.15, 0.2) is 0 Å². The van der Waals surface area contributed by atoms with Crippen molar-refractivity contribution in [3.05, 3.63) is 23.8 Å². The summed E-state index contributed by atoms with van der Waals surface area (Å²) in [5.74, 6) is 0.323. The predicted octanol–water partition coefficient (Wildman–Crippen LogP) is 2.35. The van der Waals surface area contributed by atoms with E-state index in [0.29, 0.717) is 11.4 Å². The SMILES string of the molecule is Nc1cccc(O)c1CN1CCCCCC1. The number of nitrogens with two attached hydrogens (primary N) is 1. The van der Waals surface area contributed by atoms with Crippen LogP contribution in [0, 0.1) is 0 Å². The Hall–Kier alpha value is -1.22. The number of anilines is 1. The van der Waals surface area contributed by atoms with Crippen molar-refractivity contribution in [3.63, 3.8) is 0 Å². The molecule has 3 nitrogen and oxygen atoms in total. The van der Waals surface area contributed by atoms with Crippen LogP contribution in [0.5, 0.6) is 5.75 Å².